The molecule has 0 saturated heterocycles. The summed E-state index contributed by atoms with van der Waals surface area (Å²) in [5.41, 5.74) is 6.79. The second-order valence-electron chi connectivity index (χ2n) is 3.76. The highest BCUT2D eigenvalue weighted by Gasteiger charge is 2.26. The lowest BCUT2D eigenvalue weighted by Gasteiger charge is -2.05. The van der Waals surface area contributed by atoms with Crippen molar-refractivity contribution in [3.05, 3.63) is 30.3 Å². The molecular formula is C11H13ClN4S. The summed E-state index contributed by atoms with van der Waals surface area (Å²) in [6, 6.07) is 10.1. The number of nitrogens with zero attached hydrogens (tertiary/aromatic N) is 3. The number of hydrogen-bond acceptors (Lipinski definition) is 4. The van der Waals surface area contributed by atoms with Crippen molar-refractivity contribution in [1.82, 2.24) is 14.8 Å². The highest BCUT2D eigenvalue weighted by molar-refractivity contribution is 8.00. The standard InChI is InChI=1S/C11H12N4S.ClH/c12-6-9-7-15-10(13-14-11(15)16-9)8-4-2-1-3-5-8;/h1-5,9H,6-7,12H2;1H. The van der Waals surface area contributed by atoms with Gasteiger partial charge in [0, 0.05) is 23.9 Å². The number of thioether (sulfide) groups is 1. The molecule has 0 saturated carbocycles. The fraction of sp³-hybridized carbons (Fsp3) is 0.273. The first-order valence-corrected chi connectivity index (χ1v) is 6.12. The summed E-state index contributed by atoms with van der Waals surface area (Å²) in [5, 5.41) is 9.84. The van der Waals surface area contributed by atoms with Gasteiger partial charge in [0.15, 0.2) is 11.0 Å². The smallest absolute Gasteiger partial charge is 0.191 e. The van der Waals surface area contributed by atoms with Crippen LogP contribution >= 0.6 is 24.2 Å². The number of hydrogen-bond donors (Lipinski definition) is 1. The van der Waals surface area contributed by atoms with E-state index in [1.54, 1.807) is 11.8 Å². The third kappa shape index (κ3) is 2.18. The zero-order valence-corrected chi connectivity index (χ0v) is 10.7. The predicted octanol–water partition coefficient (Wildman–Crippen LogP) is 1.80. The Morgan fingerprint density at radius 3 is 2.76 bits per heavy atom. The van der Waals surface area contributed by atoms with Crippen molar-refractivity contribution in [2.24, 2.45) is 5.73 Å². The van der Waals surface area contributed by atoms with Crippen molar-refractivity contribution in [2.75, 3.05) is 6.54 Å². The second kappa shape index (κ2) is 5.08. The van der Waals surface area contributed by atoms with Crippen molar-refractivity contribution in [3.63, 3.8) is 0 Å². The fourth-order valence-corrected chi connectivity index (χ4v) is 2.85. The molecule has 2 heterocycles. The van der Waals surface area contributed by atoms with Crippen molar-refractivity contribution in [1.29, 1.82) is 0 Å². The molecule has 0 amide bonds. The van der Waals surface area contributed by atoms with Crippen LogP contribution < -0.4 is 5.73 Å². The predicted molar refractivity (Wildman–Crippen MR) is 71.4 cm³/mol. The minimum absolute atomic E-state index is 0. The van der Waals surface area contributed by atoms with Crippen LogP contribution in [0.2, 0.25) is 0 Å². The van der Waals surface area contributed by atoms with Crippen molar-refractivity contribution in [3.8, 4) is 11.4 Å². The lowest BCUT2D eigenvalue weighted by molar-refractivity contribution is 0.655. The number of aromatic nitrogens is 3. The zero-order valence-electron chi connectivity index (χ0n) is 9.11. The maximum absolute atomic E-state index is 5.68. The van der Waals surface area contributed by atoms with E-state index in [1.807, 2.05) is 18.2 Å². The number of rotatable bonds is 2. The SMILES string of the molecule is Cl.NCC1Cn2c(nnc2-c2ccccc2)S1. The van der Waals surface area contributed by atoms with E-state index in [0.29, 0.717) is 11.8 Å². The van der Waals surface area contributed by atoms with Crippen LogP contribution in [0.15, 0.2) is 35.5 Å². The Morgan fingerprint density at radius 2 is 2.06 bits per heavy atom. The van der Waals surface area contributed by atoms with Crippen LogP contribution in [0.25, 0.3) is 11.4 Å². The molecule has 2 N–H and O–H groups in total. The van der Waals surface area contributed by atoms with Gasteiger partial charge in [0.2, 0.25) is 0 Å². The van der Waals surface area contributed by atoms with Gasteiger partial charge in [-0.25, -0.2) is 0 Å². The van der Waals surface area contributed by atoms with Gasteiger partial charge in [-0.2, -0.15) is 0 Å². The monoisotopic (exact) mass is 268 g/mol. The van der Waals surface area contributed by atoms with Gasteiger partial charge < -0.3 is 10.3 Å². The van der Waals surface area contributed by atoms with Gasteiger partial charge in [-0.15, -0.1) is 22.6 Å². The second-order valence-corrected chi connectivity index (χ2v) is 5.03. The van der Waals surface area contributed by atoms with E-state index in [0.717, 1.165) is 23.1 Å². The van der Waals surface area contributed by atoms with Gasteiger partial charge in [0.25, 0.3) is 0 Å². The van der Waals surface area contributed by atoms with Gasteiger partial charge >= 0.3 is 0 Å². The third-order valence-corrected chi connectivity index (χ3v) is 3.86. The molecule has 0 spiro atoms. The quantitative estimate of drug-likeness (QED) is 0.902. The molecule has 1 atom stereocenters. The number of nitrogens with two attached hydrogens (primary N) is 1. The van der Waals surface area contributed by atoms with E-state index in [4.69, 9.17) is 5.73 Å². The molecule has 1 aromatic carbocycles. The molecule has 0 aliphatic carbocycles. The van der Waals surface area contributed by atoms with E-state index < -0.39 is 0 Å². The highest BCUT2D eigenvalue weighted by atomic mass is 35.5. The Balaban J connectivity index is 0.00000108. The lowest BCUT2D eigenvalue weighted by Crippen LogP contribution is -2.17. The summed E-state index contributed by atoms with van der Waals surface area (Å²) in [5.74, 6) is 0.944. The molecule has 3 rings (SSSR count). The van der Waals surface area contributed by atoms with Crippen LogP contribution in [0.4, 0.5) is 0 Å². The fourth-order valence-electron chi connectivity index (χ4n) is 1.85. The van der Waals surface area contributed by atoms with E-state index in [1.165, 1.54) is 0 Å². The van der Waals surface area contributed by atoms with Gasteiger partial charge in [-0.1, -0.05) is 42.1 Å². The zero-order chi connectivity index (χ0) is 11.0. The van der Waals surface area contributed by atoms with E-state index in [-0.39, 0.29) is 12.4 Å². The summed E-state index contributed by atoms with van der Waals surface area (Å²) < 4.78 is 2.15. The van der Waals surface area contributed by atoms with Crippen LogP contribution in [0.5, 0.6) is 0 Å². The average molecular weight is 269 g/mol. The minimum Gasteiger partial charge on any atom is -0.329 e. The van der Waals surface area contributed by atoms with Gasteiger partial charge in [-0.05, 0) is 0 Å². The number of benzene rings is 1. The molecule has 17 heavy (non-hydrogen) atoms. The molecule has 6 heteroatoms. The summed E-state index contributed by atoms with van der Waals surface area (Å²) >= 11 is 1.72. The van der Waals surface area contributed by atoms with E-state index >= 15 is 0 Å². The van der Waals surface area contributed by atoms with Crippen LogP contribution in [0.3, 0.4) is 0 Å². The van der Waals surface area contributed by atoms with Crippen LogP contribution in [-0.4, -0.2) is 26.6 Å². The third-order valence-electron chi connectivity index (χ3n) is 2.67. The van der Waals surface area contributed by atoms with E-state index in [2.05, 4.69) is 26.9 Å². The lowest BCUT2D eigenvalue weighted by atomic mass is 10.2. The summed E-state index contributed by atoms with van der Waals surface area (Å²) in [4.78, 5) is 0. The van der Waals surface area contributed by atoms with Crippen LogP contribution in [-0.2, 0) is 6.54 Å². The topological polar surface area (TPSA) is 56.7 Å². The first-order valence-electron chi connectivity index (χ1n) is 5.24. The molecule has 1 aliphatic rings. The number of halogens is 1. The van der Waals surface area contributed by atoms with Crippen molar-refractivity contribution >= 4 is 24.2 Å². The summed E-state index contributed by atoms with van der Waals surface area (Å²) in [7, 11) is 0. The maximum atomic E-state index is 5.68. The van der Waals surface area contributed by atoms with Crippen molar-refractivity contribution in [2.45, 2.75) is 17.0 Å². The Kier molecular flexibility index (Phi) is 3.71. The normalized spacial score (nSPS) is 17.6. The summed E-state index contributed by atoms with van der Waals surface area (Å²) in [6.45, 7) is 1.59. The maximum Gasteiger partial charge on any atom is 0.191 e. The summed E-state index contributed by atoms with van der Waals surface area (Å²) in [6.07, 6.45) is 0. The Labute approximate surface area is 110 Å². The van der Waals surface area contributed by atoms with Gasteiger partial charge in [0.05, 0.1) is 0 Å². The first-order chi connectivity index (χ1) is 7.88. The van der Waals surface area contributed by atoms with Gasteiger partial charge in [0.1, 0.15) is 0 Å². The van der Waals surface area contributed by atoms with E-state index in [9.17, 15) is 0 Å². The molecule has 4 nitrogen and oxygen atoms in total. The Hall–Kier alpha value is -1.04. The molecule has 0 fully saturated rings. The van der Waals surface area contributed by atoms with Crippen LogP contribution in [0.1, 0.15) is 0 Å². The molecule has 1 unspecified atom stereocenters. The number of fused-ring (bicyclic) bond motifs is 1. The van der Waals surface area contributed by atoms with Crippen LogP contribution in [0, 0.1) is 0 Å². The van der Waals surface area contributed by atoms with Gasteiger partial charge in [-0.3, -0.25) is 0 Å². The molecular weight excluding hydrogens is 256 g/mol. The first kappa shape index (κ1) is 12.4. The Bertz CT molecular complexity index is 499. The Morgan fingerprint density at radius 1 is 1.29 bits per heavy atom. The van der Waals surface area contributed by atoms with Crippen molar-refractivity contribution < 1.29 is 0 Å². The molecule has 0 radical (unpaired) electrons. The molecule has 2 aromatic rings. The highest BCUT2D eigenvalue weighted by Crippen LogP contribution is 2.33. The minimum atomic E-state index is 0. The molecule has 90 valence electrons. The molecule has 1 aromatic heterocycles. The molecule has 0 bridgehead atoms. The average Bonchev–Trinajstić information content (AvgIpc) is 2.88. The largest absolute Gasteiger partial charge is 0.329 e. The molecule has 1 aliphatic heterocycles.